The first kappa shape index (κ1) is 16.7. The number of hydrogen-bond donors (Lipinski definition) is 1. The second-order valence-corrected chi connectivity index (χ2v) is 5.88. The van der Waals surface area contributed by atoms with Gasteiger partial charge in [0.2, 0.25) is 0 Å². The smallest absolute Gasteiger partial charge is 0.377 e. The van der Waals surface area contributed by atoms with Crippen LogP contribution in [0.1, 0.15) is 36.2 Å². The van der Waals surface area contributed by atoms with Crippen molar-refractivity contribution in [2.45, 2.75) is 38.2 Å². The van der Waals surface area contributed by atoms with E-state index in [2.05, 4.69) is 30.5 Å². The number of anilines is 1. The molecule has 0 aliphatic carbocycles. The largest absolute Gasteiger partial charge is 0.433 e. The van der Waals surface area contributed by atoms with Crippen LogP contribution in [0, 0.1) is 0 Å². The van der Waals surface area contributed by atoms with Gasteiger partial charge in [-0.25, -0.2) is 14.6 Å². The lowest BCUT2D eigenvalue weighted by Gasteiger charge is -2.24. The van der Waals surface area contributed by atoms with Crippen LogP contribution < -0.4 is 5.32 Å². The predicted octanol–water partition coefficient (Wildman–Crippen LogP) is 1.83. The highest BCUT2D eigenvalue weighted by Crippen LogP contribution is 2.32. The van der Waals surface area contributed by atoms with Crippen molar-refractivity contribution in [1.29, 1.82) is 0 Å². The van der Waals surface area contributed by atoms with Crippen LogP contribution in [0.4, 0.5) is 19.0 Å². The van der Waals surface area contributed by atoms with Gasteiger partial charge in [-0.15, -0.1) is 0 Å². The summed E-state index contributed by atoms with van der Waals surface area (Å²) in [6.07, 6.45) is -1.90. The topological polar surface area (TPSA) is 95.0 Å². The number of hydrogen-bond acceptors (Lipinski definition) is 7. The molecule has 3 aromatic rings. The highest BCUT2D eigenvalue weighted by atomic mass is 19.4. The SMILES string of the molecule is COCc1nc2n(n1)CCCC2Nc1cc(C(F)(F)F)nc2ncnn12. The molecule has 4 heterocycles. The molecule has 1 aliphatic rings. The van der Waals surface area contributed by atoms with Gasteiger partial charge in [-0.05, 0) is 12.8 Å². The van der Waals surface area contributed by atoms with Crippen LogP contribution in [0.2, 0.25) is 0 Å². The Labute approximate surface area is 145 Å². The summed E-state index contributed by atoms with van der Waals surface area (Å²) in [5.41, 5.74) is -1.03. The summed E-state index contributed by atoms with van der Waals surface area (Å²) in [6, 6.07) is 0.616. The average Bonchev–Trinajstić information content (AvgIpc) is 3.21. The molecule has 0 saturated heterocycles. The number of nitrogens with zero attached hydrogens (tertiary/aromatic N) is 7. The van der Waals surface area contributed by atoms with Gasteiger partial charge in [0, 0.05) is 19.7 Å². The molecular weight excluding hydrogens is 353 g/mol. The maximum Gasteiger partial charge on any atom is 0.433 e. The molecule has 0 aromatic carbocycles. The lowest BCUT2D eigenvalue weighted by molar-refractivity contribution is -0.141. The number of aromatic nitrogens is 7. The van der Waals surface area contributed by atoms with Gasteiger partial charge in [0.1, 0.15) is 24.6 Å². The number of aryl methyl sites for hydroxylation is 1. The van der Waals surface area contributed by atoms with Gasteiger partial charge in [-0.1, -0.05) is 0 Å². The van der Waals surface area contributed by atoms with E-state index in [4.69, 9.17) is 4.74 Å². The Morgan fingerprint density at radius 3 is 2.96 bits per heavy atom. The van der Waals surface area contributed by atoms with E-state index < -0.39 is 11.9 Å². The molecule has 9 nitrogen and oxygen atoms in total. The fourth-order valence-electron chi connectivity index (χ4n) is 2.97. The van der Waals surface area contributed by atoms with Crippen LogP contribution in [0.15, 0.2) is 12.4 Å². The van der Waals surface area contributed by atoms with E-state index in [0.717, 1.165) is 18.8 Å². The first-order chi connectivity index (χ1) is 12.5. The second kappa shape index (κ2) is 6.20. The van der Waals surface area contributed by atoms with Gasteiger partial charge >= 0.3 is 6.18 Å². The highest BCUT2D eigenvalue weighted by Gasteiger charge is 2.34. The van der Waals surface area contributed by atoms with E-state index >= 15 is 0 Å². The first-order valence-corrected chi connectivity index (χ1v) is 7.93. The summed E-state index contributed by atoms with van der Waals surface area (Å²) in [5.74, 6) is 1.21. The third kappa shape index (κ3) is 2.96. The van der Waals surface area contributed by atoms with Crippen molar-refractivity contribution in [3.8, 4) is 0 Å². The van der Waals surface area contributed by atoms with Crippen LogP contribution in [-0.2, 0) is 24.1 Å². The van der Waals surface area contributed by atoms with Gasteiger partial charge in [-0.2, -0.15) is 32.9 Å². The van der Waals surface area contributed by atoms with Crippen molar-refractivity contribution in [2.75, 3.05) is 12.4 Å². The zero-order chi connectivity index (χ0) is 18.3. The molecule has 4 rings (SSSR count). The van der Waals surface area contributed by atoms with E-state index in [9.17, 15) is 13.2 Å². The summed E-state index contributed by atoms with van der Waals surface area (Å²) in [6.45, 7) is 0.973. The van der Waals surface area contributed by atoms with Gasteiger partial charge in [0.05, 0.1) is 6.04 Å². The van der Waals surface area contributed by atoms with Crippen LogP contribution in [0.25, 0.3) is 5.78 Å². The predicted molar refractivity (Wildman–Crippen MR) is 82.1 cm³/mol. The number of ether oxygens (including phenoxy) is 1. The summed E-state index contributed by atoms with van der Waals surface area (Å²) in [4.78, 5) is 11.7. The van der Waals surface area contributed by atoms with Crippen LogP contribution in [-0.4, -0.2) is 41.5 Å². The zero-order valence-corrected chi connectivity index (χ0v) is 13.7. The molecule has 0 spiro atoms. The molecule has 0 amide bonds. The van der Waals surface area contributed by atoms with Gasteiger partial charge in [0.25, 0.3) is 5.78 Å². The number of alkyl halides is 3. The molecule has 1 aliphatic heterocycles. The number of halogens is 3. The fraction of sp³-hybridized carbons (Fsp3) is 0.500. The average molecular weight is 368 g/mol. The Morgan fingerprint density at radius 1 is 1.35 bits per heavy atom. The zero-order valence-electron chi connectivity index (χ0n) is 13.7. The standard InChI is InChI=1S/C14H15F3N8O/c1-26-6-10-22-12-8(3-2-4-24(12)23-10)20-11-5-9(14(15,16)17)21-13-18-7-19-25(11)13/h5,7-8,20H,2-4,6H2,1H3. The molecule has 1 unspecified atom stereocenters. The van der Waals surface area contributed by atoms with Crippen LogP contribution in [0.5, 0.6) is 0 Å². The quantitative estimate of drug-likeness (QED) is 0.751. The summed E-state index contributed by atoms with van der Waals surface area (Å²) >= 11 is 0. The maximum atomic E-state index is 13.1. The van der Waals surface area contributed by atoms with Crippen LogP contribution >= 0.6 is 0 Å². The minimum Gasteiger partial charge on any atom is -0.377 e. The molecule has 0 radical (unpaired) electrons. The maximum absolute atomic E-state index is 13.1. The normalized spacial score (nSPS) is 17.5. The van der Waals surface area contributed by atoms with Crippen molar-refractivity contribution in [3.05, 3.63) is 29.7 Å². The molecule has 1 atom stereocenters. The minimum atomic E-state index is -4.58. The lowest BCUT2D eigenvalue weighted by atomic mass is 10.1. The highest BCUT2D eigenvalue weighted by molar-refractivity contribution is 5.46. The Morgan fingerprint density at radius 2 is 2.19 bits per heavy atom. The number of fused-ring (bicyclic) bond motifs is 2. The minimum absolute atomic E-state index is 0.125. The Kier molecular flexibility index (Phi) is 3.98. The van der Waals surface area contributed by atoms with Crippen molar-refractivity contribution < 1.29 is 17.9 Å². The lowest BCUT2D eigenvalue weighted by Crippen LogP contribution is -2.24. The first-order valence-electron chi connectivity index (χ1n) is 7.93. The third-order valence-corrected chi connectivity index (χ3v) is 4.06. The molecule has 12 heteroatoms. The molecule has 0 saturated carbocycles. The molecule has 0 bridgehead atoms. The van der Waals surface area contributed by atoms with Gasteiger partial charge < -0.3 is 10.1 Å². The van der Waals surface area contributed by atoms with Crippen molar-refractivity contribution in [3.63, 3.8) is 0 Å². The number of rotatable bonds is 4. The number of methoxy groups -OCH3 is 1. The van der Waals surface area contributed by atoms with Crippen molar-refractivity contribution in [1.82, 2.24) is 34.3 Å². The van der Waals surface area contributed by atoms with E-state index in [-0.39, 0.29) is 24.2 Å². The van der Waals surface area contributed by atoms with Gasteiger partial charge in [0.15, 0.2) is 11.5 Å². The summed E-state index contributed by atoms with van der Waals surface area (Å²) < 4.78 is 47.4. The van der Waals surface area contributed by atoms with Crippen LogP contribution in [0.3, 0.4) is 0 Å². The Bertz CT molecular complexity index is 934. The van der Waals surface area contributed by atoms with Gasteiger partial charge in [-0.3, -0.25) is 0 Å². The monoisotopic (exact) mass is 368 g/mol. The molecule has 0 fully saturated rings. The molecule has 138 valence electrons. The Hall–Kier alpha value is -2.76. The molecular formula is C14H15F3N8O. The van der Waals surface area contributed by atoms with E-state index in [1.54, 1.807) is 11.8 Å². The van der Waals surface area contributed by atoms with E-state index in [0.29, 0.717) is 24.6 Å². The summed E-state index contributed by atoms with van der Waals surface area (Å²) in [7, 11) is 1.55. The van der Waals surface area contributed by atoms with E-state index in [1.807, 2.05) is 0 Å². The number of nitrogens with one attached hydrogen (secondary N) is 1. The van der Waals surface area contributed by atoms with E-state index in [1.165, 1.54) is 4.52 Å². The van der Waals surface area contributed by atoms with Crippen molar-refractivity contribution >= 4 is 11.6 Å². The second-order valence-electron chi connectivity index (χ2n) is 5.88. The van der Waals surface area contributed by atoms with Crippen molar-refractivity contribution in [2.24, 2.45) is 0 Å². The molecule has 3 aromatic heterocycles. The molecule has 26 heavy (non-hydrogen) atoms. The third-order valence-electron chi connectivity index (χ3n) is 4.06. The Balaban J connectivity index is 1.71. The summed E-state index contributed by atoms with van der Waals surface area (Å²) in [5, 5.41) is 11.4. The molecule has 1 N–H and O–H groups in total. The fourth-order valence-corrected chi connectivity index (χ4v) is 2.97.